The Kier molecular flexibility index (Phi) is 5.80. The van der Waals surface area contributed by atoms with E-state index in [1.165, 1.54) is 35.6 Å². The quantitative estimate of drug-likeness (QED) is 0.812. The number of primary amides is 1. The number of halogens is 1. The van der Waals surface area contributed by atoms with Gasteiger partial charge in [0.15, 0.2) is 5.13 Å². The Labute approximate surface area is 159 Å². The van der Waals surface area contributed by atoms with Gasteiger partial charge in [-0.1, -0.05) is 0 Å². The van der Waals surface area contributed by atoms with Gasteiger partial charge in [-0.25, -0.2) is 9.37 Å². The van der Waals surface area contributed by atoms with Crippen LogP contribution in [0.3, 0.4) is 0 Å². The number of carbonyl (C=O) groups excluding carboxylic acids is 3. The summed E-state index contributed by atoms with van der Waals surface area (Å²) >= 11 is 1.22. The van der Waals surface area contributed by atoms with Crippen molar-refractivity contribution in [1.29, 1.82) is 0 Å². The van der Waals surface area contributed by atoms with Gasteiger partial charge in [-0.3, -0.25) is 19.7 Å². The fraction of sp³-hybridized carbons (Fsp3) is 0.333. The fourth-order valence-corrected chi connectivity index (χ4v) is 3.60. The van der Waals surface area contributed by atoms with Crippen molar-refractivity contribution < 1.29 is 18.8 Å². The number of thiazole rings is 1. The van der Waals surface area contributed by atoms with Gasteiger partial charge in [0.1, 0.15) is 5.82 Å². The van der Waals surface area contributed by atoms with Crippen LogP contribution < -0.4 is 11.1 Å². The molecular formula is C18H19FN4O3S. The third-order valence-corrected chi connectivity index (χ3v) is 5.27. The molecule has 1 fully saturated rings. The summed E-state index contributed by atoms with van der Waals surface area (Å²) in [6.45, 7) is 1.01. The van der Waals surface area contributed by atoms with Crippen molar-refractivity contribution in [1.82, 2.24) is 9.88 Å². The van der Waals surface area contributed by atoms with Gasteiger partial charge in [0.25, 0.3) is 5.91 Å². The second kappa shape index (κ2) is 8.26. The molecule has 0 unspecified atom stereocenters. The van der Waals surface area contributed by atoms with Crippen molar-refractivity contribution in [2.24, 2.45) is 11.7 Å². The molecule has 3 N–H and O–H groups in total. The topological polar surface area (TPSA) is 105 Å². The summed E-state index contributed by atoms with van der Waals surface area (Å²) in [5.41, 5.74) is 6.19. The van der Waals surface area contributed by atoms with Crippen LogP contribution in [0.5, 0.6) is 0 Å². The van der Waals surface area contributed by atoms with E-state index in [1.807, 2.05) is 0 Å². The third kappa shape index (κ3) is 4.88. The molecule has 0 spiro atoms. The SMILES string of the molecule is NC(=O)C1CCN(C(=O)Cc2csc(NC(=O)c3ccc(F)cc3)n2)CC1. The van der Waals surface area contributed by atoms with E-state index in [9.17, 15) is 18.8 Å². The smallest absolute Gasteiger partial charge is 0.257 e. The number of hydrogen-bond acceptors (Lipinski definition) is 5. The van der Waals surface area contributed by atoms with Gasteiger partial charge < -0.3 is 10.6 Å². The second-order valence-electron chi connectivity index (χ2n) is 6.34. The van der Waals surface area contributed by atoms with E-state index in [-0.39, 0.29) is 24.2 Å². The molecule has 2 heterocycles. The molecular weight excluding hydrogens is 371 g/mol. The molecule has 1 aliphatic rings. The molecule has 27 heavy (non-hydrogen) atoms. The number of benzene rings is 1. The van der Waals surface area contributed by atoms with Crippen LogP contribution in [0.1, 0.15) is 28.9 Å². The Morgan fingerprint density at radius 1 is 1.22 bits per heavy atom. The molecule has 3 amide bonds. The predicted molar refractivity (Wildman–Crippen MR) is 98.7 cm³/mol. The van der Waals surface area contributed by atoms with E-state index in [2.05, 4.69) is 10.3 Å². The van der Waals surface area contributed by atoms with E-state index < -0.39 is 11.7 Å². The van der Waals surface area contributed by atoms with Crippen LogP contribution in [0.25, 0.3) is 0 Å². The maximum Gasteiger partial charge on any atom is 0.257 e. The van der Waals surface area contributed by atoms with Gasteiger partial charge in [-0.2, -0.15) is 0 Å². The first-order valence-corrected chi connectivity index (χ1v) is 9.39. The lowest BCUT2D eigenvalue weighted by Crippen LogP contribution is -2.42. The molecule has 1 aliphatic heterocycles. The first-order chi connectivity index (χ1) is 12.9. The van der Waals surface area contributed by atoms with Crippen LogP contribution >= 0.6 is 11.3 Å². The number of hydrogen-bond donors (Lipinski definition) is 2. The van der Waals surface area contributed by atoms with Gasteiger partial charge >= 0.3 is 0 Å². The third-order valence-electron chi connectivity index (χ3n) is 4.46. The van der Waals surface area contributed by atoms with Crippen molar-refractivity contribution in [3.05, 3.63) is 46.7 Å². The van der Waals surface area contributed by atoms with E-state index in [0.717, 1.165) is 0 Å². The molecule has 142 valence electrons. The van der Waals surface area contributed by atoms with Crippen LogP contribution in [0, 0.1) is 11.7 Å². The molecule has 3 rings (SSSR count). The maximum absolute atomic E-state index is 12.9. The number of nitrogens with two attached hydrogens (primary N) is 1. The van der Waals surface area contributed by atoms with Crippen LogP contribution in [0.2, 0.25) is 0 Å². The lowest BCUT2D eigenvalue weighted by Gasteiger charge is -2.30. The van der Waals surface area contributed by atoms with Gasteiger partial charge in [-0.15, -0.1) is 11.3 Å². The molecule has 0 aliphatic carbocycles. The first-order valence-electron chi connectivity index (χ1n) is 8.51. The summed E-state index contributed by atoms with van der Waals surface area (Å²) < 4.78 is 12.9. The Morgan fingerprint density at radius 3 is 2.52 bits per heavy atom. The predicted octanol–water partition coefficient (Wildman–Crippen LogP) is 1.80. The van der Waals surface area contributed by atoms with Gasteiger partial charge in [0.2, 0.25) is 11.8 Å². The number of likely N-dealkylation sites (tertiary alicyclic amines) is 1. The summed E-state index contributed by atoms with van der Waals surface area (Å²) in [5, 5.41) is 4.73. The lowest BCUT2D eigenvalue weighted by atomic mass is 9.96. The van der Waals surface area contributed by atoms with Crippen LogP contribution in [-0.2, 0) is 16.0 Å². The number of anilines is 1. The number of rotatable bonds is 5. The zero-order valence-electron chi connectivity index (χ0n) is 14.5. The van der Waals surface area contributed by atoms with Crippen LogP contribution in [-0.4, -0.2) is 40.7 Å². The Balaban J connectivity index is 1.53. The maximum atomic E-state index is 12.9. The number of piperidine rings is 1. The number of aromatic nitrogens is 1. The van der Waals surface area contributed by atoms with E-state index >= 15 is 0 Å². The minimum Gasteiger partial charge on any atom is -0.369 e. The normalized spacial score (nSPS) is 14.8. The van der Waals surface area contributed by atoms with Crippen molar-refractivity contribution in [2.75, 3.05) is 18.4 Å². The number of amides is 3. The monoisotopic (exact) mass is 390 g/mol. The lowest BCUT2D eigenvalue weighted by molar-refractivity contribution is -0.134. The van der Waals surface area contributed by atoms with Crippen molar-refractivity contribution in [3.8, 4) is 0 Å². The molecule has 9 heteroatoms. The highest BCUT2D eigenvalue weighted by Gasteiger charge is 2.26. The molecule has 0 saturated carbocycles. The highest BCUT2D eigenvalue weighted by molar-refractivity contribution is 7.14. The van der Waals surface area contributed by atoms with Gasteiger partial charge in [0.05, 0.1) is 12.1 Å². The highest BCUT2D eigenvalue weighted by atomic mass is 32.1. The Morgan fingerprint density at radius 2 is 1.89 bits per heavy atom. The molecule has 0 bridgehead atoms. The van der Waals surface area contributed by atoms with Gasteiger partial charge in [-0.05, 0) is 37.1 Å². The number of nitrogens with one attached hydrogen (secondary N) is 1. The van der Waals surface area contributed by atoms with Crippen molar-refractivity contribution in [2.45, 2.75) is 19.3 Å². The minimum absolute atomic E-state index is 0.0698. The largest absolute Gasteiger partial charge is 0.369 e. The summed E-state index contributed by atoms with van der Waals surface area (Å²) in [6, 6.07) is 5.20. The zero-order valence-corrected chi connectivity index (χ0v) is 15.3. The van der Waals surface area contributed by atoms with Crippen LogP contribution in [0.15, 0.2) is 29.6 Å². The van der Waals surface area contributed by atoms with Crippen molar-refractivity contribution in [3.63, 3.8) is 0 Å². The first kappa shape index (κ1) is 19.0. The van der Waals surface area contributed by atoms with E-state index in [1.54, 1.807) is 10.3 Å². The summed E-state index contributed by atoms with van der Waals surface area (Å²) in [6.07, 6.45) is 1.29. The average Bonchev–Trinajstić information content (AvgIpc) is 3.09. The molecule has 2 aromatic rings. The minimum atomic E-state index is -0.415. The summed E-state index contributed by atoms with van der Waals surface area (Å²) in [5.74, 6) is -1.36. The van der Waals surface area contributed by atoms with E-state index in [4.69, 9.17) is 5.73 Å². The van der Waals surface area contributed by atoms with Gasteiger partial charge in [0, 0.05) is 30.0 Å². The second-order valence-corrected chi connectivity index (χ2v) is 7.20. The number of nitrogens with zero attached hydrogens (tertiary/aromatic N) is 2. The molecule has 1 saturated heterocycles. The summed E-state index contributed by atoms with van der Waals surface area (Å²) in [4.78, 5) is 41.6. The standard InChI is InChI=1S/C18H19FN4O3S/c19-13-3-1-12(2-4-13)17(26)22-18-21-14(10-27-18)9-15(24)23-7-5-11(6-8-23)16(20)25/h1-4,10-11H,5-9H2,(H2,20,25)(H,21,22,26). The molecule has 1 aromatic carbocycles. The zero-order chi connectivity index (χ0) is 19.4. The Bertz CT molecular complexity index is 845. The molecule has 7 nitrogen and oxygen atoms in total. The number of carbonyl (C=O) groups is 3. The Hall–Kier alpha value is -2.81. The molecule has 1 aromatic heterocycles. The fourth-order valence-electron chi connectivity index (χ4n) is 2.90. The molecule has 0 radical (unpaired) electrons. The van der Waals surface area contributed by atoms with E-state index in [0.29, 0.717) is 42.3 Å². The van der Waals surface area contributed by atoms with Crippen molar-refractivity contribution >= 4 is 34.2 Å². The van der Waals surface area contributed by atoms with Crippen LogP contribution in [0.4, 0.5) is 9.52 Å². The summed E-state index contributed by atoms with van der Waals surface area (Å²) in [7, 11) is 0. The molecule has 0 atom stereocenters. The average molecular weight is 390 g/mol. The highest BCUT2D eigenvalue weighted by Crippen LogP contribution is 2.20.